The fourth-order valence-corrected chi connectivity index (χ4v) is 3.95. The summed E-state index contributed by atoms with van der Waals surface area (Å²) in [6, 6.07) is 12.6. The van der Waals surface area contributed by atoms with Crippen molar-refractivity contribution in [2.75, 3.05) is 27.0 Å². The summed E-state index contributed by atoms with van der Waals surface area (Å²) in [5, 5.41) is 2.31. The van der Waals surface area contributed by atoms with E-state index in [1.54, 1.807) is 49.6 Å². The van der Waals surface area contributed by atoms with Crippen LogP contribution in [-0.2, 0) is 9.59 Å². The van der Waals surface area contributed by atoms with E-state index in [0.29, 0.717) is 16.4 Å². The molecule has 0 bridgehead atoms. The molecular formula is C23H20N2O6S. The van der Waals surface area contributed by atoms with Crippen LogP contribution in [0.15, 0.2) is 53.4 Å². The van der Waals surface area contributed by atoms with Gasteiger partial charge in [-0.3, -0.25) is 19.3 Å². The molecule has 2 aromatic rings. The van der Waals surface area contributed by atoms with Crippen LogP contribution in [0.25, 0.3) is 12.2 Å². The molecule has 1 N–H and O–H groups in total. The van der Waals surface area contributed by atoms with E-state index in [-0.39, 0.29) is 36.9 Å². The lowest BCUT2D eigenvalue weighted by Gasteiger charge is -2.12. The van der Waals surface area contributed by atoms with Gasteiger partial charge in [0.25, 0.3) is 11.1 Å². The van der Waals surface area contributed by atoms with Gasteiger partial charge in [-0.15, -0.1) is 0 Å². The SMILES string of the molecule is COc1ccc(/C=C/C(=O)NCCN2C(=O)S/C(=C\c3ccc4c(c3)OCO4)C2=O)cc1. The molecular weight excluding hydrogens is 432 g/mol. The van der Waals surface area contributed by atoms with E-state index in [1.807, 2.05) is 12.1 Å². The van der Waals surface area contributed by atoms with Crippen LogP contribution in [0.5, 0.6) is 17.2 Å². The smallest absolute Gasteiger partial charge is 0.293 e. The lowest BCUT2D eigenvalue weighted by molar-refractivity contribution is -0.123. The first kappa shape index (κ1) is 21.5. The van der Waals surface area contributed by atoms with Gasteiger partial charge < -0.3 is 19.5 Å². The van der Waals surface area contributed by atoms with Gasteiger partial charge in [-0.25, -0.2) is 0 Å². The predicted molar refractivity (Wildman–Crippen MR) is 120 cm³/mol. The average Bonchev–Trinajstić information content (AvgIpc) is 3.37. The highest BCUT2D eigenvalue weighted by Crippen LogP contribution is 2.36. The Balaban J connectivity index is 1.29. The summed E-state index contributed by atoms with van der Waals surface area (Å²) in [4.78, 5) is 38.3. The maximum absolute atomic E-state index is 12.6. The van der Waals surface area contributed by atoms with E-state index in [0.717, 1.165) is 33.5 Å². The molecule has 1 fully saturated rings. The van der Waals surface area contributed by atoms with Crippen molar-refractivity contribution in [3.63, 3.8) is 0 Å². The van der Waals surface area contributed by atoms with E-state index in [9.17, 15) is 14.4 Å². The van der Waals surface area contributed by atoms with E-state index < -0.39 is 0 Å². The zero-order valence-electron chi connectivity index (χ0n) is 17.2. The van der Waals surface area contributed by atoms with Gasteiger partial charge >= 0.3 is 0 Å². The number of amides is 3. The Bertz CT molecular complexity index is 1110. The van der Waals surface area contributed by atoms with Crippen LogP contribution in [0.3, 0.4) is 0 Å². The molecule has 0 radical (unpaired) electrons. The first-order valence-corrected chi connectivity index (χ1v) is 10.6. The standard InChI is InChI=1S/C23H20N2O6S/c1-29-17-6-2-15(3-7-17)5-9-21(26)24-10-11-25-22(27)20(32-23(25)28)13-16-4-8-18-19(12-16)31-14-30-18/h2-9,12-13H,10-11,14H2,1H3,(H,24,26)/b9-5+,20-13-. The monoisotopic (exact) mass is 452 g/mol. The van der Waals surface area contributed by atoms with Gasteiger partial charge in [-0.05, 0) is 59.3 Å². The third-order valence-electron chi connectivity index (χ3n) is 4.75. The van der Waals surface area contributed by atoms with Crippen LogP contribution in [0, 0.1) is 0 Å². The molecule has 164 valence electrons. The molecule has 0 spiro atoms. The second-order valence-electron chi connectivity index (χ2n) is 6.84. The summed E-state index contributed by atoms with van der Waals surface area (Å²) in [6.07, 6.45) is 4.71. The number of rotatable bonds is 7. The van der Waals surface area contributed by atoms with Gasteiger partial charge in [0.15, 0.2) is 11.5 Å². The quantitative estimate of drug-likeness (QED) is 0.644. The first-order valence-electron chi connectivity index (χ1n) is 9.78. The summed E-state index contributed by atoms with van der Waals surface area (Å²) >= 11 is 0.869. The minimum Gasteiger partial charge on any atom is -0.497 e. The number of ether oxygens (including phenoxy) is 3. The Hall–Kier alpha value is -3.72. The molecule has 2 aliphatic heterocycles. The molecule has 0 unspecified atom stereocenters. The van der Waals surface area contributed by atoms with Crippen LogP contribution in [0.2, 0.25) is 0 Å². The zero-order valence-corrected chi connectivity index (χ0v) is 18.0. The molecule has 4 rings (SSSR count). The molecule has 32 heavy (non-hydrogen) atoms. The molecule has 0 saturated carbocycles. The minimum absolute atomic E-state index is 0.0886. The van der Waals surface area contributed by atoms with Crippen molar-refractivity contribution in [2.45, 2.75) is 0 Å². The third kappa shape index (κ3) is 4.94. The fourth-order valence-electron chi connectivity index (χ4n) is 3.08. The van der Waals surface area contributed by atoms with E-state index in [2.05, 4.69) is 5.32 Å². The van der Waals surface area contributed by atoms with Gasteiger partial charge in [0.05, 0.1) is 12.0 Å². The van der Waals surface area contributed by atoms with Gasteiger partial charge in [-0.2, -0.15) is 0 Å². The molecule has 0 aliphatic carbocycles. The normalized spacial score (nSPS) is 16.3. The first-order chi connectivity index (χ1) is 15.5. The van der Waals surface area contributed by atoms with Gasteiger partial charge in [0.1, 0.15) is 5.75 Å². The van der Waals surface area contributed by atoms with Crippen molar-refractivity contribution < 1.29 is 28.6 Å². The van der Waals surface area contributed by atoms with Crippen LogP contribution >= 0.6 is 11.8 Å². The molecule has 9 heteroatoms. The van der Waals surface area contributed by atoms with Gasteiger partial charge in [0.2, 0.25) is 12.7 Å². The summed E-state index contributed by atoms with van der Waals surface area (Å²) in [5.41, 5.74) is 1.58. The molecule has 8 nitrogen and oxygen atoms in total. The van der Waals surface area contributed by atoms with E-state index in [1.165, 1.54) is 6.08 Å². The summed E-state index contributed by atoms with van der Waals surface area (Å²) < 4.78 is 15.7. The molecule has 0 aromatic heterocycles. The van der Waals surface area contributed by atoms with Crippen LogP contribution in [0.4, 0.5) is 4.79 Å². The lowest BCUT2D eigenvalue weighted by atomic mass is 10.2. The molecule has 3 amide bonds. The number of hydrogen-bond donors (Lipinski definition) is 1. The molecule has 2 aliphatic rings. The highest BCUT2D eigenvalue weighted by atomic mass is 32.2. The summed E-state index contributed by atoms with van der Waals surface area (Å²) in [7, 11) is 1.59. The lowest BCUT2D eigenvalue weighted by Crippen LogP contribution is -2.36. The largest absolute Gasteiger partial charge is 0.497 e. The van der Waals surface area contributed by atoms with Crippen LogP contribution < -0.4 is 19.5 Å². The number of carbonyl (C=O) groups excluding carboxylic acids is 3. The van der Waals surface area contributed by atoms with Crippen molar-refractivity contribution in [3.05, 3.63) is 64.6 Å². The second kappa shape index (κ2) is 9.61. The molecule has 1 saturated heterocycles. The van der Waals surface area contributed by atoms with Crippen molar-refractivity contribution in [3.8, 4) is 17.2 Å². The fraction of sp³-hybridized carbons (Fsp3) is 0.174. The maximum Gasteiger partial charge on any atom is 0.293 e. The summed E-state index contributed by atoms with van der Waals surface area (Å²) in [6.45, 7) is 0.405. The number of imide groups is 1. The number of nitrogens with zero attached hydrogens (tertiary/aromatic N) is 1. The van der Waals surface area contributed by atoms with Crippen molar-refractivity contribution in [2.24, 2.45) is 0 Å². The Labute approximate surface area is 188 Å². The molecule has 0 atom stereocenters. The Kier molecular flexibility index (Phi) is 6.46. The highest BCUT2D eigenvalue weighted by Gasteiger charge is 2.34. The topological polar surface area (TPSA) is 94.2 Å². The number of hydrogen-bond acceptors (Lipinski definition) is 7. The Morgan fingerprint density at radius 1 is 1.12 bits per heavy atom. The number of carbonyl (C=O) groups is 3. The number of benzene rings is 2. The zero-order chi connectivity index (χ0) is 22.5. The van der Waals surface area contributed by atoms with Crippen molar-refractivity contribution in [1.82, 2.24) is 10.2 Å². The number of methoxy groups -OCH3 is 1. The number of thioether (sulfide) groups is 1. The van der Waals surface area contributed by atoms with Crippen LogP contribution in [-0.4, -0.2) is 48.9 Å². The number of fused-ring (bicyclic) bond motifs is 1. The van der Waals surface area contributed by atoms with Crippen LogP contribution in [0.1, 0.15) is 11.1 Å². The number of nitrogens with one attached hydrogen (secondary N) is 1. The summed E-state index contributed by atoms with van der Waals surface area (Å²) in [5.74, 6) is 1.27. The predicted octanol–water partition coefficient (Wildman–Crippen LogP) is 3.29. The second-order valence-corrected chi connectivity index (χ2v) is 7.84. The highest BCUT2D eigenvalue weighted by molar-refractivity contribution is 8.18. The van der Waals surface area contributed by atoms with Crippen molar-refractivity contribution >= 4 is 41.0 Å². The Morgan fingerprint density at radius 3 is 2.66 bits per heavy atom. The van der Waals surface area contributed by atoms with E-state index in [4.69, 9.17) is 14.2 Å². The molecule has 2 aromatic carbocycles. The van der Waals surface area contributed by atoms with Gasteiger partial charge in [-0.1, -0.05) is 18.2 Å². The average molecular weight is 452 g/mol. The maximum atomic E-state index is 12.6. The van der Waals surface area contributed by atoms with Crippen molar-refractivity contribution in [1.29, 1.82) is 0 Å². The third-order valence-corrected chi connectivity index (χ3v) is 5.65. The Morgan fingerprint density at radius 2 is 1.88 bits per heavy atom. The minimum atomic E-state index is -0.388. The van der Waals surface area contributed by atoms with E-state index >= 15 is 0 Å². The van der Waals surface area contributed by atoms with Gasteiger partial charge in [0, 0.05) is 19.2 Å². The molecule has 2 heterocycles.